The van der Waals surface area contributed by atoms with Crippen LogP contribution in [-0.2, 0) is 4.79 Å². The number of nitrogens with one attached hydrogen (secondary N) is 2. The predicted octanol–water partition coefficient (Wildman–Crippen LogP) is 5.38. The lowest BCUT2D eigenvalue weighted by Crippen LogP contribution is -2.35. The normalized spacial score (nSPS) is 15.1. The van der Waals surface area contributed by atoms with Crippen LogP contribution < -0.4 is 20.8 Å². The zero-order valence-electron chi connectivity index (χ0n) is 19.3. The molecule has 9 heteroatoms. The summed E-state index contributed by atoms with van der Waals surface area (Å²) in [6.45, 7) is 0.573. The van der Waals surface area contributed by atoms with Gasteiger partial charge in [0, 0.05) is 42.1 Å². The Bertz CT molecular complexity index is 1210. The maximum Gasteiger partial charge on any atom is 0.412 e. The zero-order valence-corrected chi connectivity index (χ0v) is 20.9. The van der Waals surface area contributed by atoms with E-state index in [2.05, 4.69) is 10.6 Å². The van der Waals surface area contributed by atoms with Crippen LogP contribution in [0.25, 0.3) is 22.3 Å². The molecule has 1 aliphatic heterocycles. The van der Waals surface area contributed by atoms with E-state index in [1.165, 1.54) is 30.7 Å². The molecule has 1 unspecified atom stereocenters. The monoisotopic (exact) mass is 512 g/mol. The molecule has 1 aliphatic rings. The standard InChI is InChI=1S/C26H28N2O5S2/c29-22-17-24(18-6-2-1-3-7-18)33-23-11-10-19(16-21(22)23)32-26(31)28-14-13-27-25(30)9-5-4-8-20-12-15-34-35-20/h1-3,6-7,10-11,16-17,20H,4-5,8-9,12-15H2,(H,27,30)(H,28,31). The first-order valence-electron chi connectivity index (χ1n) is 11.7. The summed E-state index contributed by atoms with van der Waals surface area (Å²) in [7, 11) is 3.90. The smallest absolute Gasteiger partial charge is 0.412 e. The molecule has 0 saturated carbocycles. The van der Waals surface area contributed by atoms with Gasteiger partial charge < -0.3 is 19.8 Å². The van der Waals surface area contributed by atoms with Gasteiger partial charge in [-0.15, -0.1) is 0 Å². The van der Waals surface area contributed by atoms with Crippen molar-refractivity contribution in [2.45, 2.75) is 37.4 Å². The molecule has 0 aliphatic carbocycles. The average molecular weight is 513 g/mol. The van der Waals surface area contributed by atoms with Gasteiger partial charge in [0.1, 0.15) is 17.1 Å². The number of benzene rings is 2. The van der Waals surface area contributed by atoms with Crippen LogP contribution in [0.4, 0.5) is 4.79 Å². The van der Waals surface area contributed by atoms with E-state index < -0.39 is 6.09 Å². The van der Waals surface area contributed by atoms with Crippen molar-refractivity contribution in [1.82, 2.24) is 10.6 Å². The summed E-state index contributed by atoms with van der Waals surface area (Å²) >= 11 is 0. The lowest BCUT2D eigenvalue weighted by Gasteiger charge is -2.09. The Hall–Kier alpha value is -2.91. The molecule has 2 N–H and O–H groups in total. The molecule has 4 rings (SSSR count). The summed E-state index contributed by atoms with van der Waals surface area (Å²) in [5.74, 6) is 1.93. The Labute approximate surface area is 211 Å². The van der Waals surface area contributed by atoms with E-state index in [4.69, 9.17) is 9.15 Å². The highest BCUT2D eigenvalue weighted by Crippen LogP contribution is 2.39. The minimum atomic E-state index is -0.657. The van der Waals surface area contributed by atoms with Crippen LogP contribution in [0.2, 0.25) is 0 Å². The third-order valence-electron chi connectivity index (χ3n) is 5.59. The molecule has 1 atom stereocenters. The molecule has 35 heavy (non-hydrogen) atoms. The molecule has 1 saturated heterocycles. The Morgan fingerprint density at radius 1 is 1.03 bits per heavy atom. The highest BCUT2D eigenvalue weighted by atomic mass is 33.1. The number of fused-ring (bicyclic) bond motifs is 1. The third kappa shape index (κ3) is 7.53. The van der Waals surface area contributed by atoms with E-state index in [0.29, 0.717) is 29.7 Å². The van der Waals surface area contributed by atoms with Crippen LogP contribution in [0.15, 0.2) is 63.8 Å². The van der Waals surface area contributed by atoms with Crippen molar-refractivity contribution in [3.63, 3.8) is 0 Å². The van der Waals surface area contributed by atoms with Crippen molar-refractivity contribution in [2.75, 3.05) is 18.8 Å². The zero-order chi connectivity index (χ0) is 24.5. The molecule has 3 aromatic rings. The molecule has 0 radical (unpaired) electrons. The molecule has 0 spiro atoms. The van der Waals surface area contributed by atoms with Crippen LogP contribution in [-0.4, -0.2) is 36.1 Å². The van der Waals surface area contributed by atoms with Gasteiger partial charge in [-0.1, -0.05) is 58.3 Å². The second kappa shape index (κ2) is 12.7. The van der Waals surface area contributed by atoms with Gasteiger partial charge >= 0.3 is 6.09 Å². The lowest BCUT2D eigenvalue weighted by atomic mass is 10.1. The van der Waals surface area contributed by atoms with Gasteiger partial charge in [0.15, 0.2) is 5.43 Å². The minimum absolute atomic E-state index is 0.00950. The fraction of sp³-hybridized carbons (Fsp3) is 0.346. The maximum atomic E-state index is 12.6. The van der Waals surface area contributed by atoms with E-state index in [9.17, 15) is 14.4 Å². The first-order valence-corrected chi connectivity index (χ1v) is 14.1. The number of ether oxygens (including phenoxy) is 1. The molecule has 1 aromatic heterocycles. The third-order valence-corrected chi connectivity index (χ3v) is 8.60. The molecule has 7 nitrogen and oxygen atoms in total. The van der Waals surface area contributed by atoms with E-state index in [1.54, 1.807) is 12.1 Å². The van der Waals surface area contributed by atoms with Gasteiger partial charge in [-0.2, -0.15) is 0 Å². The van der Waals surface area contributed by atoms with Gasteiger partial charge in [0.2, 0.25) is 5.91 Å². The number of carbonyl (C=O) groups is 2. The van der Waals surface area contributed by atoms with E-state index in [-0.39, 0.29) is 23.6 Å². The van der Waals surface area contributed by atoms with Gasteiger partial charge in [-0.3, -0.25) is 9.59 Å². The van der Waals surface area contributed by atoms with E-state index >= 15 is 0 Å². The minimum Gasteiger partial charge on any atom is -0.456 e. The van der Waals surface area contributed by atoms with Crippen LogP contribution >= 0.6 is 21.6 Å². The van der Waals surface area contributed by atoms with Gasteiger partial charge in [-0.25, -0.2) is 4.79 Å². The van der Waals surface area contributed by atoms with E-state index in [0.717, 1.165) is 23.7 Å². The van der Waals surface area contributed by atoms with Crippen molar-refractivity contribution >= 4 is 44.6 Å². The molecule has 0 bridgehead atoms. The molecule has 1 fully saturated rings. The quantitative estimate of drug-likeness (QED) is 0.278. The van der Waals surface area contributed by atoms with Crippen molar-refractivity contribution in [3.05, 3.63) is 64.8 Å². The van der Waals surface area contributed by atoms with Crippen molar-refractivity contribution in [1.29, 1.82) is 0 Å². The number of rotatable bonds is 10. The molecular formula is C26H28N2O5S2. The molecule has 184 valence electrons. The lowest BCUT2D eigenvalue weighted by molar-refractivity contribution is -0.121. The summed E-state index contributed by atoms with van der Waals surface area (Å²) in [6.07, 6.45) is 4.23. The molecule has 2 aromatic carbocycles. The van der Waals surface area contributed by atoms with Crippen LogP contribution in [0.1, 0.15) is 32.1 Å². The summed E-state index contributed by atoms with van der Waals surface area (Å²) in [6, 6.07) is 15.5. The van der Waals surface area contributed by atoms with Crippen LogP contribution in [0.3, 0.4) is 0 Å². The topological polar surface area (TPSA) is 97.6 Å². The SMILES string of the molecule is O=C(CCCCC1CCSS1)NCCNC(=O)Oc1ccc2oc(-c3ccccc3)cc(=O)c2c1. The second-order valence-electron chi connectivity index (χ2n) is 8.24. The predicted molar refractivity (Wildman–Crippen MR) is 142 cm³/mol. The number of unbranched alkanes of at least 4 members (excludes halogenated alkanes) is 1. The van der Waals surface area contributed by atoms with E-state index in [1.807, 2.05) is 51.9 Å². The largest absolute Gasteiger partial charge is 0.456 e. The highest BCUT2D eigenvalue weighted by molar-refractivity contribution is 8.77. The second-order valence-corrected chi connectivity index (χ2v) is 11.0. The van der Waals surface area contributed by atoms with Crippen molar-refractivity contribution < 1.29 is 18.7 Å². The van der Waals surface area contributed by atoms with Crippen molar-refractivity contribution in [3.8, 4) is 17.1 Å². The number of hydrogen-bond acceptors (Lipinski definition) is 7. The highest BCUT2D eigenvalue weighted by Gasteiger charge is 2.16. The first-order chi connectivity index (χ1) is 17.1. The number of hydrogen-bond donors (Lipinski definition) is 2. The van der Waals surface area contributed by atoms with Gasteiger partial charge in [-0.05, 0) is 37.5 Å². The molecule has 2 heterocycles. The fourth-order valence-electron chi connectivity index (χ4n) is 3.76. The molecular weight excluding hydrogens is 484 g/mol. The summed E-state index contributed by atoms with van der Waals surface area (Å²) < 4.78 is 11.1. The summed E-state index contributed by atoms with van der Waals surface area (Å²) in [4.78, 5) is 36.6. The summed E-state index contributed by atoms with van der Waals surface area (Å²) in [5.41, 5.74) is 0.993. The van der Waals surface area contributed by atoms with Gasteiger partial charge in [0.05, 0.1) is 5.39 Å². The van der Waals surface area contributed by atoms with Crippen molar-refractivity contribution in [2.24, 2.45) is 0 Å². The maximum absolute atomic E-state index is 12.6. The number of carbonyl (C=O) groups excluding carboxylic acids is 2. The summed E-state index contributed by atoms with van der Waals surface area (Å²) in [5, 5.41) is 6.47. The Kier molecular flexibility index (Phi) is 9.14. The Morgan fingerprint density at radius 2 is 1.86 bits per heavy atom. The number of amides is 2. The average Bonchev–Trinajstić information content (AvgIpc) is 3.39. The van der Waals surface area contributed by atoms with Crippen LogP contribution in [0.5, 0.6) is 5.75 Å². The molecule has 2 amide bonds. The Balaban J connectivity index is 1.19. The first kappa shape index (κ1) is 25.2. The Morgan fingerprint density at radius 3 is 2.66 bits per heavy atom. The van der Waals surface area contributed by atoms with Gasteiger partial charge in [0.25, 0.3) is 0 Å². The fourth-order valence-corrected chi connectivity index (χ4v) is 6.79. The van der Waals surface area contributed by atoms with Crippen LogP contribution in [0, 0.1) is 0 Å².